The number of unbranched alkanes of at least 4 members (excludes halogenated alkanes) is 11. The van der Waals surface area contributed by atoms with Crippen LogP contribution in [0.4, 0.5) is 0 Å². The van der Waals surface area contributed by atoms with Gasteiger partial charge in [0.2, 0.25) is 0 Å². The Balaban J connectivity index is 2.09. The fourth-order valence-electron chi connectivity index (χ4n) is 3.76. The van der Waals surface area contributed by atoms with Crippen molar-refractivity contribution in [2.24, 2.45) is 0 Å². The van der Waals surface area contributed by atoms with Gasteiger partial charge in [0.1, 0.15) is 18.3 Å². The summed E-state index contributed by atoms with van der Waals surface area (Å²) in [5.74, 6) is -3.61. The standard InChI is InChI=1S/C24H44O8/c1-2-3-4-5-6-7-8-9-10-11-12-13-14-15-16-17-20(26)32-24(30)23(29)22(28)21(27)19(18-25)31-24/h12-13,19,21-23,25,27-30H,2-11,14-18H2,1H3/b13-12+/t19-,21-,22+,23-,24?/m1/s1. The van der Waals surface area contributed by atoms with Crippen molar-refractivity contribution in [1.29, 1.82) is 0 Å². The van der Waals surface area contributed by atoms with Gasteiger partial charge in [0.25, 0.3) is 0 Å². The van der Waals surface area contributed by atoms with Crippen molar-refractivity contribution in [3.05, 3.63) is 12.2 Å². The molecule has 0 bridgehead atoms. The van der Waals surface area contributed by atoms with Gasteiger partial charge >= 0.3 is 11.9 Å². The van der Waals surface area contributed by atoms with E-state index < -0.39 is 43.0 Å². The average Bonchev–Trinajstić information content (AvgIpc) is 2.77. The maximum Gasteiger partial charge on any atom is 0.357 e. The molecule has 0 spiro atoms. The van der Waals surface area contributed by atoms with Crippen LogP contribution in [0.1, 0.15) is 96.8 Å². The summed E-state index contributed by atoms with van der Waals surface area (Å²) in [7, 11) is 0. The highest BCUT2D eigenvalue weighted by Gasteiger charge is 2.55. The van der Waals surface area contributed by atoms with E-state index >= 15 is 0 Å². The van der Waals surface area contributed by atoms with Gasteiger partial charge in [-0.25, -0.2) is 0 Å². The molecule has 8 nitrogen and oxygen atoms in total. The molecule has 32 heavy (non-hydrogen) atoms. The van der Waals surface area contributed by atoms with E-state index in [1.807, 2.05) is 0 Å². The number of hydrogen-bond donors (Lipinski definition) is 5. The summed E-state index contributed by atoms with van der Waals surface area (Å²) in [5.41, 5.74) is 0. The zero-order chi connectivity index (χ0) is 23.8. The molecule has 0 radical (unpaired) electrons. The Hall–Kier alpha value is -1.03. The van der Waals surface area contributed by atoms with Crippen LogP contribution in [0.15, 0.2) is 12.2 Å². The van der Waals surface area contributed by atoms with E-state index in [2.05, 4.69) is 19.1 Å². The van der Waals surface area contributed by atoms with Crippen molar-refractivity contribution in [2.45, 2.75) is 127 Å². The minimum Gasteiger partial charge on any atom is -0.406 e. The van der Waals surface area contributed by atoms with E-state index in [0.717, 1.165) is 19.3 Å². The number of esters is 1. The molecule has 5 N–H and O–H groups in total. The van der Waals surface area contributed by atoms with Gasteiger partial charge in [0.15, 0.2) is 6.10 Å². The first-order valence-electron chi connectivity index (χ1n) is 12.3. The van der Waals surface area contributed by atoms with Crippen LogP contribution in [0.2, 0.25) is 0 Å². The summed E-state index contributed by atoms with van der Waals surface area (Å²) >= 11 is 0. The molecule has 5 atom stereocenters. The molecule has 1 heterocycles. The Morgan fingerprint density at radius 2 is 1.41 bits per heavy atom. The number of allylic oxidation sites excluding steroid dienone is 2. The molecule has 0 aliphatic carbocycles. The maximum atomic E-state index is 12.0. The van der Waals surface area contributed by atoms with E-state index in [9.17, 15) is 25.2 Å². The van der Waals surface area contributed by atoms with Crippen molar-refractivity contribution in [1.82, 2.24) is 0 Å². The topological polar surface area (TPSA) is 137 Å². The van der Waals surface area contributed by atoms with Crippen LogP contribution >= 0.6 is 0 Å². The van der Waals surface area contributed by atoms with Crippen LogP contribution in [-0.2, 0) is 14.3 Å². The molecular formula is C24H44O8. The molecule has 0 aromatic rings. The Labute approximate surface area is 192 Å². The Bertz CT molecular complexity index is 524. The van der Waals surface area contributed by atoms with Crippen LogP contribution in [0.3, 0.4) is 0 Å². The summed E-state index contributed by atoms with van der Waals surface area (Å²) in [6, 6.07) is 0. The predicted molar refractivity (Wildman–Crippen MR) is 120 cm³/mol. The molecular weight excluding hydrogens is 416 g/mol. The van der Waals surface area contributed by atoms with Gasteiger partial charge in [0.05, 0.1) is 6.61 Å². The normalized spacial score (nSPS) is 28.3. The first kappa shape index (κ1) is 29.0. The smallest absolute Gasteiger partial charge is 0.357 e. The minimum absolute atomic E-state index is 0.00687. The summed E-state index contributed by atoms with van der Waals surface area (Å²) < 4.78 is 9.71. The quantitative estimate of drug-likeness (QED) is 0.0967. The highest BCUT2D eigenvalue weighted by atomic mass is 16.8. The summed E-state index contributed by atoms with van der Waals surface area (Å²) in [6.45, 7) is 1.51. The lowest BCUT2D eigenvalue weighted by Gasteiger charge is -2.43. The lowest BCUT2D eigenvalue weighted by Crippen LogP contribution is -2.66. The Morgan fingerprint density at radius 3 is 1.97 bits per heavy atom. The van der Waals surface area contributed by atoms with E-state index in [1.165, 1.54) is 57.8 Å². The van der Waals surface area contributed by atoms with Gasteiger partial charge in [-0.1, -0.05) is 70.4 Å². The highest BCUT2D eigenvalue weighted by molar-refractivity contribution is 5.69. The molecule has 8 heteroatoms. The molecule has 1 unspecified atom stereocenters. The molecule has 0 saturated carbocycles. The summed E-state index contributed by atoms with van der Waals surface area (Å²) in [5, 5.41) is 48.7. The van der Waals surface area contributed by atoms with E-state index in [4.69, 9.17) is 14.6 Å². The van der Waals surface area contributed by atoms with Gasteiger partial charge in [-0.3, -0.25) is 4.79 Å². The van der Waals surface area contributed by atoms with Gasteiger partial charge in [-0.2, -0.15) is 0 Å². The van der Waals surface area contributed by atoms with Gasteiger partial charge < -0.3 is 35.0 Å². The maximum absolute atomic E-state index is 12.0. The highest BCUT2D eigenvalue weighted by Crippen LogP contribution is 2.29. The fourth-order valence-corrected chi connectivity index (χ4v) is 3.76. The summed E-state index contributed by atoms with van der Waals surface area (Å²) in [4.78, 5) is 12.0. The van der Waals surface area contributed by atoms with Gasteiger partial charge in [-0.05, 0) is 32.1 Å². The van der Waals surface area contributed by atoms with Crippen molar-refractivity contribution < 1.29 is 39.8 Å². The number of ether oxygens (including phenoxy) is 2. The zero-order valence-electron chi connectivity index (χ0n) is 19.5. The number of aliphatic hydroxyl groups excluding tert-OH is 4. The monoisotopic (exact) mass is 460 g/mol. The van der Waals surface area contributed by atoms with Crippen molar-refractivity contribution in [2.75, 3.05) is 6.61 Å². The molecule has 1 aliphatic heterocycles. The number of rotatable bonds is 17. The molecule has 0 aromatic carbocycles. The van der Waals surface area contributed by atoms with E-state index in [-0.39, 0.29) is 6.42 Å². The zero-order valence-corrected chi connectivity index (χ0v) is 19.5. The van der Waals surface area contributed by atoms with Crippen molar-refractivity contribution >= 4 is 5.97 Å². The lowest BCUT2D eigenvalue weighted by molar-refractivity contribution is -0.434. The van der Waals surface area contributed by atoms with Crippen LogP contribution < -0.4 is 0 Å². The van der Waals surface area contributed by atoms with Crippen molar-refractivity contribution in [3.63, 3.8) is 0 Å². The van der Waals surface area contributed by atoms with Gasteiger partial charge in [0, 0.05) is 6.42 Å². The second kappa shape index (κ2) is 16.6. The third-order valence-corrected chi connectivity index (χ3v) is 5.83. The van der Waals surface area contributed by atoms with Crippen LogP contribution in [0.5, 0.6) is 0 Å². The SMILES string of the molecule is CCCCCCCCCCC/C=C/CCCCC(=O)OC1(O)O[C@H](CO)[C@@H](O)[C@H](O)[C@H]1O. The molecule has 0 aromatic heterocycles. The third-order valence-electron chi connectivity index (χ3n) is 5.83. The van der Waals surface area contributed by atoms with Crippen LogP contribution in [0.25, 0.3) is 0 Å². The van der Waals surface area contributed by atoms with Crippen LogP contribution in [0, 0.1) is 0 Å². The van der Waals surface area contributed by atoms with E-state index in [1.54, 1.807) is 0 Å². The molecule has 0 amide bonds. The van der Waals surface area contributed by atoms with Crippen LogP contribution in [-0.4, -0.2) is 68.5 Å². The second-order valence-electron chi connectivity index (χ2n) is 8.70. The summed E-state index contributed by atoms with van der Waals surface area (Å²) in [6.07, 6.45) is 12.5. The average molecular weight is 461 g/mol. The largest absolute Gasteiger partial charge is 0.406 e. The Morgan fingerprint density at radius 1 is 0.875 bits per heavy atom. The second-order valence-corrected chi connectivity index (χ2v) is 8.70. The first-order chi connectivity index (χ1) is 15.4. The predicted octanol–water partition coefficient (Wildman–Crippen LogP) is 2.69. The molecule has 188 valence electrons. The Kier molecular flexibility index (Phi) is 15.0. The molecule has 1 saturated heterocycles. The number of aliphatic hydroxyl groups is 5. The lowest BCUT2D eigenvalue weighted by atomic mass is 9.98. The fraction of sp³-hybridized carbons (Fsp3) is 0.875. The minimum atomic E-state index is -2.81. The third kappa shape index (κ3) is 10.7. The number of hydrogen-bond acceptors (Lipinski definition) is 8. The van der Waals surface area contributed by atoms with Crippen molar-refractivity contribution in [3.8, 4) is 0 Å². The first-order valence-corrected chi connectivity index (χ1v) is 12.3. The van der Waals surface area contributed by atoms with Gasteiger partial charge in [-0.15, -0.1) is 0 Å². The number of carbonyl (C=O) groups excluding carboxylic acids is 1. The molecule has 1 rings (SSSR count). The molecule has 1 fully saturated rings. The van der Waals surface area contributed by atoms with E-state index in [0.29, 0.717) is 6.42 Å². The molecule has 1 aliphatic rings. The number of carbonyl (C=O) groups is 1.